The number of nitro groups is 1. The van der Waals surface area contributed by atoms with E-state index in [0.29, 0.717) is 12.5 Å². The molecule has 21 heavy (non-hydrogen) atoms. The fourth-order valence-corrected chi connectivity index (χ4v) is 2.89. The molecular formula is C14H15ClN2O4. The molecule has 0 spiro atoms. The van der Waals surface area contributed by atoms with E-state index in [1.165, 1.54) is 18.2 Å². The van der Waals surface area contributed by atoms with Gasteiger partial charge in [-0.1, -0.05) is 11.6 Å². The van der Waals surface area contributed by atoms with Gasteiger partial charge in [-0.25, -0.2) is 0 Å². The van der Waals surface area contributed by atoms with E-state index in [2.05, 4.69) is 5.32 Å². The number of amides is 1. The molecule has 2 fully saturated rings. The predicted octanol–water partition coefficient (Wildman–Crippen LogP) is 2.55. The number of hydrogen-bond donors (Lipinski definition) is 1. The summed E-state index contributed by atoms with van der Waals surface area (Å²) in [5.74, 6) is 0.216. The monoisotopic (exact) mass is 310 g/mol. The van der Waals surface area contributed by atoms with Crippen molar-refractivity contribution in [2.24, 2.45) is 5.92 Å². The van der Waals surface area contributed by atoms with Crippen LogP contribution in [-0.2, 0) is 4.74 Å². The van der Waals surface area contributed by atoms with Gasteiger partial charge in [0.05, 0.1) is 17.1 Å². The second kappa shape index (κ2) is 5.61. The number of hydrogen-bond acceptors (Lipinski definition) is 4. The molecule has 1 aliphatic heterocycles. The Bertz CT molecular complexity index is 588. The molecule has 0 radical (unpaired) electrons. The summed E-state index contributed by atoms with van der Waals surface area (Å²) >= 11 is 5.75. The maximum atomic E-state index is 12.2. The molecule has 1 aromatic rings. The number of nitrogens with one attached hydrogen (secondary N) is 1. The highest BCUT2D eigenvalue weighted by molar-refractivity contribution is 6.32. The Hall–Kier alpha value is -1.66. The molecule has 112 valence electrons. The maximum Gasteiger partial charge on any atom is 0.288 e. The number of ether oxygens (including phenoxy) is 1. The van der Waals surface area contributed by atoms with Gasteiger partial charge in [0.2, 0.25) is 0 Å². The largest absolute Gasteiger partial charge is 0.376 e. The van der Waals surface area contributed by atoms with Gasteiger partial charge in [0, 0.05) is 18.2 Å². The van der Waals surface area contributed by atoms with Crippen molar-refractivity contribution in [2.75, 3.05) is 6.61 Å². The first kappa shape index (κ1) is 14.3. The number of carbonyl (C=O) groups excluding carboxylic acids is 1. The van der Waals surface area contributed by atoms with Crippen molar-refractivity contribution in [1.82, 2.24) is 5.32 Å². The second-order valence-electron chi connectivity index (χ2n) is 5.46. The Morgan fingerprint density at radius 1 is 1.38 bits per heavy atom. The summed E-state index contributed by atoms with van der Waals surface area (Å²) < 4.78 is 5.66. The minimum Gasteiger partial charge on any atom is -0.376 e. The van der Waals surface area contributed by atoms with Gasteiger partial charge < -0.3 is 10.1 Å². The van der Waals surface area contributed by atoms with Crippen LogP contribution in [0.3, 0.4) is 0 Å². The lowest BCUT2D eigenvalue weighted by atomic mass is 10.1. The summed E-state index contributed by atoms with van der Waals surface area (Å²) in [5, 5.41) is 13.8. The van der Waals surface area contributed by atoms with Crippen LogP contribution in [0.5, 0.6) is 0 Å². The fourth-order valence-electron chi connectivity index (χ4n) is 2.70. The lowest BCUT2D eigenvalue weighted by molar-refractivity contribution is -0.384. The van der Waals surface area contributed by atoms with Gasteiger partial charge in [0.25, 0.3) is 11.6 Å². The van der Waals surface area contributed by atoms with E-state index in [1.54, 1.807) is 0 Å². The van der Waals surface area contributed by atoms with Gasteiger partial charge in [-0.3, -0.25) is 14.9 Å². The summed E-state index contributed by atoms with van der Waals surface area (Å²) in [6.07, 6.45) is 3.14. The minimum atomic E-state index is -0.592. The fraction of sp³-hybridized carbons (Fsp3) is 0.500. The lowest BCUT2D eigenvalue weighted by Crippen LogP contribution is -2.41. The van der Waals surface area contributed by atoms with Gasteiger partial charge in [-0.05, 0) is 37.3 Å². The van der Waals surface area contributed by atoms with Crippen LogP contribution in [0.2, 0.25) is 5.02 Å². The lowest BCUT2D eigenvalue weighted by Gasteiger charge is -2.19. The molecule has 7 heteroatoms. The van der Waals surface area contributed by atoms with Crippen LogP contribution in [0.1, 0.15) is 29.6 Å². The van der Waals surface area contributed by atoms with Gasteiger partial charge >= 0.3 is 0 Å². The number of nitro benzene ring substituents is 1. The molecule has 1 saturated heterocycles. The number of carbonyl (C=O) groups is 1. The quantitative estimate of drug-likeness (QED) is 0.684. The molecule has 2 atom stereocenters. The first-order valence-electron chi connectivity index (χ1n) is 6.92. The van der Waals surface area contributed by atoms with E-state index in [0.717, 1.165) is 19.3 Å². The van der Waals surface area contributed by atoms with E-state index < -0.39 is 4.92 Å². The highest BCUT2D eigenvalue weighted by Gasteiger charge is 2.41. The van der Waals surface area contributed by atoms with E-state index in [-0.39, 0.29) is 34.3 Å². The van der Waals surface area contributed by atoms with Gasteiger partial charge in [0.1, 0.15) is 5.02 Å². The predicted molar refractivity (Wildman–Crippen MR) is 76.4 cm³/mol. The molecule has 1 aromatic carbocycles. The first-order valence-corrected chi connectivity index (χ1v) is 7.30. The Labute approximate surface area is 126 Å². The molecule has 1 heterocycles. The highest BCUT2D eigenvalue weighted by atomic mass is 35.5. The van der Waals surface area contributed by atoms with Crippen molar-refractivity contribution in [3.8, 4) is 0 Å². The normalized spacial score (nSPS) is 24.8. The number of benzene rings is 1. The number of rotatable bonds is 4. The van der Waals surface area contributed by atoms with Crippen molar-refractivity contribution in [3.05, 3.63) is 38.9 Å². The highest BCUT2D eigenvalue weighted by Crippen LogP contribution is 2.38. The average Bonchev–Trinajstić information content (AvgIpc) is 3.19. The molecule has 1 amide bonds. The SMILES string of the molecule is O=C(NC1CCOC1C1CC1)c1ccc(Cl)c([N+](=O)[O-])c1. The smallest absolute Gasteiger partial charge is 0.288 e. The van der Waals surface area contributed by atoms with Crippen LogP contribution in [0.15, 0.2) is 18.2 Å². The van der Waals surface area contributed by atoms with Crippen LogP contribution in [0.4, 0.5) is 5.69 Å². The van der Waals surface area contributed by atoms with Crippen LogP contribution >= 0.6 is 11.6 Å². The van der Waals surface area contributed by atoms with Crippen molar-refractivity contribution in [2.45, 2.75) is 31.4 Å². The van der Waals surface area contributed by atoms with Crippen LogP contribution in [0.25, 0.3) is 0 Å². The third-order valence-corrected chi connectivity index (χ3v) is 4.26. The van der Waals surface area contributed by atoms with Crippen molar-refractivity contribution >= 4 is 23.2 Å². The van der Waals surface area contributed by atoms with Crippen LogP contribution in [-0.4, -0.2) is 29.6 Å². The second-order valence-corrected chi connectivity index (χ2v) is 5.87. The van der Waals surface area contributed by atoms with E-state index in [4.69, 9.17) is 16.3 Å². The summed E-state index contributed by atoms with van der Waals surface area (Å²) in [7, 11) is 0. The summed E-state index contributed by atoms with van der Waals surface area (Å²) in [4.78, 5) is 22.5. The molecule has 2 aliphatic rings. The summed E-state index contributed by atoms with van der Waals surface area (Å²) in [5.41, 5.74) is -0.0155. The standard InChI is InChI=1S/C14H15ClN2O4/c15-10-4-3-9(7-12(10)17(19)20)14(18)16-11-5-6-21-13(11)8-1-2-8/h3-4,7-8,11,13H,1-2,5-6H2,(H,16,18). The zero-order valence-electron chi connectivity index (χ0n) is 11.3. The molecule has 2 unspecified atom stereocenters. The number of halogens is 1. The van der Waals surface area contributed by atoms with Crippen molar-refractivity contribution in [1.29, 1.82) is 0 Å². The van der Waals surface area contributed by atoms with E-state index >= 15 is 0 Å². The molecule has 1 N–H and O–H groups in total. The molecule has 0 bridgehead atoms. The topological polar surface area (TPSA) is 81.5 Å². The molecule has 3 rings (SSSR count). The van der Waals surface area contributed by atoms with Crippen molar-refractivity contribution < 1.29 is 14.5 Å². The molecule has 0 aromatic heterocycles. The average molecular weight is 311 g/mol. The van der Waals surface area contributed by atoms with Gasteiger partial charge in [0.15, 0.2) is 0 Å². The molecule has 1 saturated carbocycles. The molecule has 6 nitrogen and oxygen atoms in total. The molecular weight excluding hydrogens is 296 g/mol. The Balaban J connectivity index is 1.73. The zero-order chi connectivity index (χ0) is 15.0. The van der Waals surface area contributed by atoms with E-state index in [9.17, 15) is 14.9 Å². The first-order chi connectivity index (χ1) is 10.1. The van der Waals surface area contributed by atoms with E-state index in [1.807, 2.05) is 0 Å². The van der Waals surface area contributed by atoms with Crippen LogP contribution < -0.4 is 5.32 Å². The van der Waals surface area contributed by atoms with Crippen molar-refractivity contribution in [3.63, 3.8) is 0 Å². The molecule has 1 aliphatic carbocycles. The third kappa shape index (κ3) is 3.01. The number of nitrogens with zero attached hydrogens (tertiary/aromatic N) is 1. The Morgan fingerprint density at radius 2 is 2.14 bits per heavy atom. The van der Waals surface area contributed by atoms with Crippen LogP contribution in [0, 0.1) is 16.0 Å². The third-order valence-electron chi connectivity index (χ3n) is 3.94. The van der Waals surface area contributed by atoms with Gasteiger partial charge in [-0.15, -0.1) is 0 Å². The zero-order valence-corrected chi connectivity index (χ0v) is 12.0. The summed E-state index contributed by atoms with van der Waals surface area (Å²) in [6, 6.07) is 4.06. The summed E-state index contributed by atoms with van der Waals surface area (Å²) in [6.45, 7) is 0.646. The van der Waals surface area contributed by atoms with Gasteiger partial charge in [-0.2, -0.15) is 0 Å². The minimum absolute atomic E-state index is 0.0141. The maximum absolute atomic E-state index is 12.2. The Morgan fingerprint density at radius 3 is 2.81 bits per heavy atom. The Kier molecular flexibility index (Phi) is 3.82.